The number of aryl methyl sites for hydroxylation is 1. The minimum absolute atomic E-state index is 0. The van der Waals surface area contributed by atoms with E-state index in [9.17, 15) is 9.59 Å². The van der Waals surface area contributed by atoms with E-state index in [1.165, 1.54) is 0 Å². The molecule has 2 aliphatic rings. The normalized spacial score (nSPS) is 24.4. The number of nitrogens with zero attached hydrogens (tertiary/aromatic N) is 1. The number of nitrogens with two attached hydrogens (primary N) is 1. The van der Waals surface area contributed by atoms with E-state index in [1.54, 1.807) is 12.0 Å². The van der Waals surface area contributed by atoms with Gasteiger partial charge in [0.15, 0.2) is 0 Å². The lowest BCUT2D eigenvalue weighted by Crippen LogP contribution is -2.46. The third-order valence-electron chi connectivity index (χ3n) is 5.73. The Morgan fingerprint density at radius 3 is 2.74 bits per heavy atom. The van der Waals surface area contributed by atoms with Gasteiger partial charge in [0.05, 0.1) is 12.8 Å². The summed E-state index contributed by atoms with van der Waals surface area (Å²) < 4.78 is 5.34. The van der Waals surface area contributed by atoms with E-state index in [2.05, 4.69) is 5.32 Å². The van der Waals surface area contributed by atoms with Crippen LogP contribution in [0, 0.1) is 18.8 Å². The Labute approximate surface area is 167 Å². The predicted molar refractivity (Wildman–Crippen MR) is 108 cm³/mol. The van der Waals surface area contributed by atoms with Gasteiger partial charge in [-0.25, -0.2) is 0 Å². The van der Waals surface area contributed by atoms with Crippen molar-refractivity contribution in [1.82, 2.24) is 4.90 Å². The van der Waals surface area contributed by atoms with E-state index < -0.39 is 6.04 Å². The Hall–Kier alpha value is -1.79. The van der Waals surface area contributed by atoms with Crippen molar-refractivity contribution >= 4 is 29.9 Å². The van der Waals surface area contributed by atoms with Crippen molar-refractivity contribution in [2.24, 2.45) is 17.6 Å². The molecule has 3 rings (SSSR count). The highest BCUT2D eigenvalue weighted by Gasteiger charge is 2.41. The average Bonchev–Trinajstić information content (AvgIpc) is 3.30. The van der Waals surface area contributed by atoms with E-state index in [1.807, 2.05) is 25.1 Å². The Morgan fingerprint density at radius 1 is 1.26 bits per heavy atom. The van der Waals surface area contributed by atoms with Gasteiger partial charge in [-0.2, -0.15) is 0 Å². The number of anilines is 1. The fourth-order valence-electron chi connectivity index (χ4n) is 4.30. The zero-order chi connectivity index (χ0) is 18.7. The predicted octanol–water partition coefficient (Wildman–Crippen LogP) is 2.73. The number of rotatable bonds is 5. The molecule has 1 unspecified atom stereocenters. The summed E-state index contributed by atoms with van der Waals surface area (Å²) in [7, 11) is 1.58. The number of hydrogen-bond acceptors (Lipinski definition) is 4. The summed E-state index contributed by atoms with van der Waals surface area (Å²) in [6.45, 7) is 3.16. The molecule has 1 heterocycles. The van der Waals surface area contributed by atoms with Gasteiger partial charge in [0.2, 0.25) is 11.8 Å². The van der Waals surface area contributed by atoms with Crippen molar-refractivity contribution < 1.29 is 14.3 Å². The molecule has 3 atom stereocenters. The first-order valence-electron chi connectivity index (χ1n) is 9.51. The molecule has 2 fully saturated rings. The first-order chi connectivity index (χ1) is 12.5. The Morgan fingerprint density at radius 2 is 2.04 bits per heavy atom. The van der Waals surface area contributed by atoms with Crippen LogP contribution in [-0.4, -0.2) is 43.0 Å². The smallest absolute Gasteiger partial charge is 0.247 e. The lowest BCUT2D eigenvalue weighted by molar-refractivity contribution is -0.141. The van der Waals surface area contributed by atoms with Crippen LogP contribution in [0.5, 0.6) is 5.75 Å². The van der Waals surface area contributed by atoms with Crippen molar-refractivity contribution in [3.63, 3.8) is 0 Å². The molecule has 27 heavy (non-hydrogen) atoms. The molecule has 6 nitrogen and oxygen atoms in total. The van der Waals surface area contributed by atoms with Crippen molar-refractivity contribution in [2.45, 2.75) is 45.1 Å². The lowest BCUT2D eigenvalue weighted by Gasteiger charge is -2.29. The van der Waals surface area contributed by atoms with Gasteiger partial charge in [0, 0.05) is 12.5 Å². The summed E-state index contributed by atoms with van der Waals surface area (Å²) in [5, 5.41) is 2.96. The quantitative estimate of drug-likeness (QED) is 0.802. The Bertz CT molecular complexity index is 682. The second kappa shape index (κ2) is 9.42. The highest BCUT2D eigenvalue weighted by Crippen LogP contribution is 2.35. The van der Waals surface area contributed by atoms with Crippen molar-refractivity contribution in [3.8, 4) is 5.75 Å². The molecule has 1 aromatic rings. The topological polar surface area (TPSA) is 84.7 Å². The molecule has 150 valence electrons. The van der Waals surface area contributed by atoms with Gasteiger partial charge < -0.3 is 20.7 Å². The standard InChI is InChI=1S/C20H29N3O3.ClH/c1-13-8-9-18(26-2)16(11-13)22-19(24)17-7-4-10-23(17)20(25)15-6-3-5-14(15)12-21;/h8-9,11,14-15,17H,3-7,10,12,21H2,1-2H3,(H,22,24);1H/t14-,15-,17?;/m1./s1. The van der Waals surface area contributed by atoms with Crippen LogP contribution in [0.1, 0.15) is 37.7 Å². The number of carbonyl (C=O) groups excluding carboxylic acids is 2. The third kappa shape index (κ3) is 4.55. The van der Waals surface area contributed by atoms with E-state index in [-0.39, 0.29) is 36.1 Å². The number of nitrogens with one attached hydrogen (secondary N) is 1. The first kappa shape index (κ1) is 21.5. The van der Waals surface area contributed by atoms with E-state index in [0.29, 0.717) is 30.9 Å². The summed E-state index contributed by atoms with van der Waals surface area (Å²) in [5.74, 6) is 0.818. The number of hydrogen-bond donors (Lipinski definition) is 2. The van der Waals surface area contributed by atoms with Gasteiger partial charge in [-0.1, -0.05) is 12.5 Å². The van der Waals surface area contributed by atoms with Crippen LogP contribution in [0.25, 0.3) is 0 Å². The molecule has 0 radical (unpaired) electrons. The number of ether oxygens (including phenoxy) is 1. The van der Waals surface area contributed by atoms with Gasteiger partial charge in [-0.05, 0) is 62.8 Å². The molecule has 0 aromatic heterocycles. The van der Waals surface area contributed by atoms with Crippen LogP contribution in [0.3, 0.4) is 0 Å². The fourth-order valence-corrected chi connectivity index (χ4v) is 4.30. The van der Waals surface area contributed by atoms with Crippen molar-refractivity contribution in [3.05, 3.63) is 23.8 Å². The molecule has 7 heteroatoms. The highest BCUT2D eigenvalue weighted by atomic mass is 35.5. The van der Waals surface area contributed by atoms with Crippen molar-refractivity contribution in [2.75, 3.05) is 25.5 Å². The van der Waals surface area contributed by atoms with E-state index in [0.717, 1.165) is 31.2 Å². The van der Waals surface area contributed by atoms with E-state index in [4.69, 9.17) is 10.5 Å². The van der Waals surface area contributed by atoms with Gasteiger partial charge in [-0.3, -0.25) is 9.59 Å². The van der Waals surface area contributed by atoms with Crippen LogP contribution in [0.4, 0.5) is 5.69 Å². The fraction of sp³-hybridized carbons (Fsp3) is 0.600. The number of methoxy groups -OCH3 is 1. The second-order valence-corrected chi connectivity index (χ2v) is 7.42. The molecule has 1 saturated carbocycles. The molecule has 0 spiro atoms. The molecular formula is C20H30ClN3O3. The largest absolute Gasteiger partial charge is 0.495 e. The number of amides is 2. The summed E-state index contributed by atoms with van der Waals surface area (Å²) in [5.41, 5.74) is 7.53. The average molecular weight is 396 g/mol. The molecule has 0 bridgehead atoms. The molecule has 1 saturated heterocycles. The maximum Gasteiger partial charge on any atom is 0.247 e. The highest BCUT2D eigenvalue weighted by molar-refractivity contribution is 5.99. The minimum Gasteiger partial charge on any atom is -0.495 e. The van der Waals surface area contributed by atoms with Gasteiger partial charge in [0.25, 0.3) is 0 Å². The molecule has 1 aliphatic carbocycles. The Kier molecular flexibility index (Phi) is 7.50. The Balaban J connectivity index is 0.00000261. The summed E-state index contributed by atoms with van der Waals surface area (Å²) in [6, 6.07) is 5.26. The lowest BCUT2D eigenvalue weighted by atomic mass is 9.94. The molecule has 1 aromatic carbocycles. The zero-order valence-electron chi connectivity index (χ0n) is 16.1. The number of halogens is 1. The third-order valence-corrected chi connectivity index (χ3v) is 5.73. The number of benzene rings is 1. The molecule has 2 amide bonds. The molecule has 3 N–H and O–H groups in total. The summed E-state index contributed by atoms with van der Waals surface area (Å²) in [4.78, 5) is 27.7. The zero-order valence-corrected chi connectivity index (χ0v) is 16.9. The number of carbonyl (C=O) groups is 2. The minimum atomic E-state index is -0.410. The van der Waals surface area contributed by atoms with E-state index >= 15 is 0 Å². The second-order valence-electron chi connectivity index (χ2n) is 7.42. The molecular weight excluding hydrogens is 366 g/mol. The van der Waals surface area contributed by atoms with Crippen LogP contribution >= 0.6 is 12.4 Å². The maximum atomic E-state index is 13.0. The van der Waals surface area contributed by atoms with Crippen LogP contribution < -0.4 is 15.8 Å². The maximum absolute atomic E-state index is 13.0. The molecule has 1 aliphatic heterocycles. The van der Waals surface area contributed by atoms with Crippen molar-refractivity contribution in [1.29, 1.82) is 0 Å². The summed E-state index contributed by atoms with van der Waals surface area (Å²) in [6.07, 6.45) is 4.50. The number of likely N-dealkylation sites (tertiary alicyclic amines) is 1. The first-order valence-corrected chi connectivity index (χ1v) is 9.51. The van der Waals surface area contributed by atoms with Crippen LogP contribution in [0.2, 0.25) is 0 Å². The SMILES string of the molecule is COc1ccc(C)cc1NC(=O)C1CCCN1C(=O)[C@@H]1CCC[C@@H]1CN.Cl. The van der Waals surface area contributed by atoms with Crippen LogP contribution in [-0.2, 0) is 9.59 Å². The van der Waals surface area contributed by atoms with Gasteiger partial charge in [0.1, 0.15) is 11.8 Å². The van der Waals surface area contributed by atoms with Gasteiger partial charge >= 0.3 is 0 Å². The monoisotopic (exact) mass is 395 g/mol. The summed E-state index contributed by atoms with van der Waals surface area (Å²) >= 11 is 0. The van der Waals surface area contributed by atoms with Gasteiger partial charge in [-0.15, -0.1) is 12.4 Å². The van der Waals surface area contributed by atoms with Crippen LogP contribution in [0.15, 0.2) is 18.2 Å².